The quantitative estimate of drug-likeness (QED) is 0.867. The lowest BCUT2D eigenvalue weighted by atomic mass is 10.1. The van der Waals surface area contributed by atoms with Gasteiger partial charge in [-0.05, 0) is 46.6 Å². The van der Waals surface area contributed by atoms with E-state index in [1.165, 1.54) is 0 Å². The lowest BCUT2D eigenvalue weighted by Gasteiger charge is -2.13. The van der Waals surface area contributed by atoms with Crippen LogP contribution in [-0.4, -0.2) is 23.8 Å². The minimum absolute atomic E-state index is 0.211. The smallest absolute Gasteiger partial charge is 0.223 e. The maximum absolute atomic E-state index is 5.70. The highest BCUT2D eigenvalue weighted by Crippen LogP contribution is 2.37. The van der Waals surface area contributed by atoms with Crippen molar-refractivity contribution in [1.29, 1.82) is 0 Å². The van der Waals surface area contributed by atoms with Crippen molar-refractivity contribution in [3.63, 3.8) is 0 Å². The zero-order valence-electron chi connectivity index (χ0n) is 11.4. The normalized spacial score (nSPS) is 10.6. The average molecular weight is 342 g/mol. The fourth-order valence-corrected chi connectivity index (χ4v) is 2.36. The Kier molecular flexibility index (Phi) is 4.97. The second-order valence-corrected chi connectivity index (χ2v) is 5.02. The molecule has 0 aliphatic heterocycles. The number of rotatable bonds is 6. The van der Waals surface area contributed by atoms with Crippen molar-refractivity contribution in [2.75, 3.05) is 13.7 Å². The highest BCUT2D eigenvalue weighted by Gasteiger charge is 2.13. The molecule has 0 fully saturated rings. The van der Waals surface area contributed by atoms with E-state index in [1.807, 2.05) is 12.1 Å². The molecule has 0 amide bonds. The number of methoxy groups -OCH3 is 1. The lowest BCUT2D eigenvalue weighted by Crippen LogP contribution is -2.04. The van der Waals surface area contributed by atoms with E-state index in [-0.39, 0.29) is 6.61 Å². The van der Waals surface area contributed by atoms with Gasteiger partial charge in [-0.3, -0.25) is 0 Å². The molecule has 0 spiro atoms. The molecular formula is C13H16BrN3O3. The Hall–Kier alpha value is -1.60. The van der Waals surface area contributed by atoms with Crippen molar-refractivity contribution in [2.24, 2.45) is 5.73 Å². The molecule has 0 aliphatic carbocycles. The van der Waals surface area contributed by atoms with Crippen LogP contribution in [0.5, 0.6) is 11.5 Å². The van der Waals surface area contributed by atoms with Crippen LogP contribution in [0.2, 0.25) is 0 Å². The molecular weight excluding hydrogens is 326 g/mol. The van der Waals surface area contributed by atoms with Gasteiger partial charge in [0, 0.05) is 6.92 Å². The maximum atomic E-state index is 5.70. The van der Waals surface area contributed by atoms with Crippen molar-refractivity contribution < 1.29 is 14.0 Å². The second-order valence-electron chi connectivity index (χ2n) is 4.17. The molecule has 0 atom stereocenters. The van der Waals surface area contributed by atoms with Crippen molar-refractivity contribution in [1.82, 2.24) is 10.1 Å². The summed E-state index contributed by atoms with van der Waals surface area (Å²) in [6.45, 7) is 2.52. The van der Waals surface area contributed by atoms with E-state index in [4.69, 9.17) is 19.7 Å². The zero-order valence-corrected chi connectivity index (χ0v) is 12.9. The van der Waals surface area contributed by atoms with Crippen LogP contribution in [0.15, 0.2) is 21.1 Å². The molecule has 0 saturated carbocycles. The van der Waals surface area contributed by atoms with E-state index in [2.05, 4.69) is 26.1 Å². The monoisotopic (exact) mass is 341 g/mol. The Bertz CT molecular complexity index is 586. The number of nitrogens with two attached hydrogens (primary N) is 1. The molecule has 0 radical (unpaired) electrons. The van der Waals surface area contributed by atoms with Gasteiger partial charge in [-0.2, -0.15) is 4.98 Å². The lowest BCUT2D eigenvalue weighted by molar-refractivity contribution is 0.267. The number of benzene rings is 1. The number of hydrogen-bond acceptors (Lipinski definition) is 6. The first-order valence-electron chi connectivity index (χ1n) is 6.12. The largest absolute Gasteiger partial charge is 0.493 e. The topological polar surface area (TPSA) is 83.4 Å². The number of halogens is 1. The molecule has 6 nitrogen and oxygen atoms in total. The number of ether oxygens (including phenoxy) is 2. The molecule has 2 rings (SSSR count). The molecule has 0 unspecified atom stereocenters. The first-order chi connectivity index (χ1) is 9.63. The zero-order chi connectivity index (χ0) is 14.5. The Morgan fingerprint density at radius 1 is 1.40 bits per heavy atom. The van der Waals surface area contributed by atoms with Crippen LogP contribution in [0, 0.1) is 6.92 Å². The van der Waals surface area contributed by atoms with Crippen molar-refractivity contribution in [3.05, 3.63) is 33.9 Å². The summed E-state index contributed by atoms with van der Waals surface area (Å²) >= 11 is 3.48. The third-order valence-electron chi connectivity index (χ3n) is 2.64. The number of aromatic nitrogens is 2. The van der Waals surface area contributed by atoms with Crippen LogP contribution in [0.25, 0.3) is 0 Å². The van der Waals surface area contributed by atoms with Gasteiger partial charge < -0.3 is 19.7 Å². The molecule has 1 aromatic heterocycles. The van der Waals surface area contributed by atoms with Gasteiger partial charge in [0.1, 0.15) is 0 Å². The highest BCUT2D eigenvalue weighted by atomic mass is 79.9. The summed E-state index contributed by atoms with van der Waals surface area (Å²) in [6.07, 6.45) is 0.777. The number of nitrogens with zero attached hydrogens (tertiary/aromatic N) is 2. The van der Waals surface area contributed by atoms with Crippen molar-refractivity contribution in [2.45, 2.75) is 20.0 Å². The second kappa shape index (κ2) is 6.71. The van der Waals surface area contributed by atoms with Crippen LogP contribution in [0.1, 0.15) is 17.3 Å². The molecule has 108 valence electrons. The summed E-state index contributed by atoms with van der Waals surface area (Å²) in [5.74, 6) is 2.24. The predicted octanol–water partition coefficient (Wildman–Crippen LogP) is 2.23. The molecule has 2 N–H and O–H groups in total. The summed E-state index contributed by atoms with van der Waals surface area (Å²) in [4.78, 5) is 4.08. The Labute approximate surface area is 125 Å². The molecule has 7 heteroatoms. The van der Waals surface area contributed by atoms with Crippen LogP contribution >= 0.6 is 15.9 Å². The molecule has 20 heavy (non-hydrogen) atoms. The highest BCUT2D eigenvalue weighted by molar-refractivity contribution is 9.10. The van der Waals surface area contributed by atoms with E-state index in [0.717, 1.165) is 16.5 Å². The SMILES string of the molecule is COc1cc(CCN)cc(Br)c1OCc1noc(C)n1. The van der Waals surface area contributed by atoms with Gasteiger partial charge in [0.15, 0.2) is 18.1 Å². The van der Waals surface area contributed by atoms with Gasteiger partial charge >= 0.3 is 0 Å². The molecule has 0 saturated heterocycles. The van der Waals surface area contributed by atoms with Crippen LogP contribution in [0.4, 0.5) is 0 Å². The van der Waals surface area contributed by atoms with Gasteiger partial charge in [-0.25, -0.2) is 0 Å². The fraction of sp³-hybridized carbons (Fsp3) is 0.385. The molecule has 0 aliphatic rings. The number of aryl methyl sites for hydroxylation is 1. The van der Waals surface area contributed by atoms with Gasteiger partial charge in [-0.1, -0.05) is 5.16 Å². The van der Waals surface area contributed by atoms with Gasteiger partial charge in [0.2, 0.25) is 11.7 Å². The third kappa shape index (κ3) is 3.49. The minimum atomic E-state index is 0.211. The summed E-state index contributed by atoms with van der Waals surface area (Å²) in [7, 11) is 1.60. The molecule has 2 aromatic rings. The molecule has 1 heterocycles. The average Bonchev–Trinajstić information content (AvgIpc) is 2.83. The van der Waals surface area contributed by atoms with E-state index in [1.54, 1.807) is 14.0 Å². The number of hydrogen-bond donors (Lipinski definition) is 1. The third-order valence-corrected chi connectivity index (χ3v) is 3.23. The summed E-state index contributed by atoms with van der Waals surface area (Å²) < 4.78 is 16.7. The summed E-state index contributed by atoms with van der Waals surface area (Å²) in [5, 5.41) is 3.78. The van der Waals surface area contributed by atoms with Gasteiger partial charge in [0.05, 0.1) is 11.6 Å². The Morgan fingerprint density at radius 2 is 2.20 bits per heavy atom. The maximum Gasteiger partial charge on any atom is 0.223 e. The van der Waals surface area contributed by atoms with Gasteiger partial charge in [-0.15, -0.1) is 0 Å². The van der Waals surface area contributed by atoms with Crippen molar-refractivity contribution >= 4 is 15.9 Å². The van der Waals surface area contributed by atoms with E-state index in [0.29, 0.717) is 29.8 Å². The molecule has 1 aromatic carbocycles. The van der Waals surface area contributed by atoms with E-state index >= 15 is 0 Å². The van der Waals surface area contributed by atoms with Crippen LogP contribution in [0.3, 0.4) is 0 Å². The fourth-order valence-electron chi connectivity index (χ4n) is 1.76. The summed E-state index contributed by atoms with van der Waals surface area (Å²) in [5.41, 5.74) is 6.65. The first-order valence-corrected chi connectivity index (χ1v) is 6.91. The van der Waals surface area contributed by atoms with Crippen molar-refractivity contribution in [3.8, 4) is 11.5 Å². The molecule has 0 bridgehead atoms. The van der Waals surface area contributed by atoms with Crippen LogP contribution in [-0.2, 0) is 13.0 Å². The Morgan fingerprint density at radius 3 is 2.80 bits per heavy atom. The standard InChI is InChI=1S/C13H16BrN3O3/c1-8-16-12(17-20-8)7-19-13-10(14)5-9(3-4-15)6-11(13)18-2/h5-6H,3-4,7,15H2,1-2H3. The predicted molar refractivity (Wildman–Crippen MR) is 76.8 cm³/mol. The van der Waals surface area contributed by atoms with Crippen LogP contribution < -0.4 is 15.2 Å². The Balaban J connectivity index is 2.17. The first kappa shape index (κ1) is 14.8. The summed E-state index contributed by atoms with van der Waals surface area (Å²) in [6, 6.07) is 3.88. The van der Waals surface area contributed by atoms with Gasteiger partial charge in [0.25, 0.3) is 0 Å². The van der Waals surface area contributed by atoms with E-state index in [9.17, 15) is 0 Å². The minimum Gasteiger partial charge on any atom is -0.493 e. The van der Waals surface area contributed by atoms with E-state index < -0.39 is 0 Å².